The van der Waals surface area contributed by atoms with Gasteiger partial charge in [0, 0.05) is 35.0 Å². The number of ether oxygens (including phenoxy) is 2. The number of Topliss-reactive ketones (excluding diaryl/α,β-unsaturated/α-hetero) is 1. The van der Waals surface area contributed by atoms with Crippen LogP contribution in [0.25, 0.3) is 10.9 Å². The van der Waals surface area contributed by atoms with Gasteiger partial charge in [-0.25, -0.2) is 0 Å². The summed E-state index contributed by atoms with van der Waals surface area (Å²) in [5.41, 5.74) is 3.57. The summed E-state index contributed by atoms with van der Waals surface area (Å²) in [4.78, 5) is 16.8. The molecule has 132 valence electrons. The van der Waals surface area contributed by atoms with Crippen molar-refractivity contribution < 1.29 is 14.3 Å². The number of fused-ring (bicyclic) bond motifs is 4. The van der Waals surface area contributed by atoms with Crippen LogP contribution in [-0.4, -0.2) is 17.6 Å². The first kappa shape index (κ1) is 15.3. The molecular formula is C21H25NO3. The van der Waals surface area contributed by atoms with Crippen LogP contribution in [0.3, 0.4) is 0 Å². The summed E-state index contributed by atoms with van der Waals surface area (Å²) in [7, 11) is 0. The van der Waals surface area contributed by atoms with Crippen LogP contribution in [0.1, 0.15) is 68.5 Å². The van der Waals surface area contributed by atoms with E-state index < -0.39 is 0 Å². The van der Waals surface area contributed by atoms with Crippen LogP contribution in [-0.2, 0) is 11.2 Å². The first-order valence-electron chi connectivity index (χ1n) is 9.76. The molecule has 1 N–H and O–H groups in total. The van der Waals surface area contributed by atoms with Crippen molar-refractivity contribution in [3.05, 3.63) is 23.4 Å². The lowest BCUT2D eigenvalue weighted by Gasteiger charge is -2.17. The SMILES string of the molecule is O=C(CC1CCCC1)C1CCCCc2[nH]c3cc4c(cc3c21)OCO4. The molecule has 2 aromatic rings. The largest absolute Gasteiger partial charge is 0.454 e. The summed E-state index contributed by atoms with van der Waals surface area (Å²) < 4.78 is 11.1. The lowest BCUT2D eigenvalue weighted by Crippen LogP contribution is -2.16. The van der Waals surface area contributed by atoms with E-state index in [0.29, 0.717) is 11.7 Å². The second kappa shape index (κ2) is 6.08. The van der Waals surface area contributed by atoms with Crippen LogP contribution in [0.4, 0.5) is 0 Å². The van der Waals surface area contributed by atoms with Crippen molar-refractivity contribution >= 4 is 16.7 Å². The van der Waals surface area contributed by atoms with Crippen LogP contribution >= 0.6 is 0 Å². The van der Waals surface area contributed by atoms with Gasteiger partial charge in [-0.05, 0) is 36.8 Å². The van der Waals surface area contributed by atoms with E-state index >= 15 is 0 Å². The van der Waals surface area contributed by atoms with Crippen molar-refractivity contribution in [1.82, 2.24) is 4.98 Å². The average Bonchev–Trinajstić information content (AvgIpc) is 3.30. The summed E-state index contributed by atoms with van der Waals surface area (Å²) in [6.07, 6.45) is 10.1. The second-order valence-electron chi connectivity index (χ2n) is 7.89. The molecule has 1 saturated carbocycles. The fourth-order valence-corrected chi connectivity index (χ4v) is 5.01. The average molecular weight is 339 g/mol. The van der Waals surface area contributed by atoms with Gasteiger partial charge in [-0.15, -0.1) is 0 Å². The Hall–Kier alpha value is -1.97. The molecule has 4 heteroatoms. The molecule has 1 atom stereocenters. The fourth-order valence-electron chi connectivity index (χ4n) is 5.01. The molecular weight excluding hydrogens is 314 g/mol. The number of hydrogen-bond acceptors (Lipinski definition) is 3. The smallest absolute Gasteiger partial charge is 0.231 e. The lowest BCUT2D eigenvalue weighted by atomic mass is 9.85. The van der Waals surface area contributed by atoms with Crippen molar-refractivity contribution in [2.75, 3.05) is 6.79 Å². The molecule has 0 spiro atoms. The van der Waals surface area contributed by atoms with Crippen molar-refractivity contribution in [1.29, 1.82) is 0 Å². The molecule has 4 nitrogen and oxygen atoms in total. The Morgan fingerprint density at radius 2 is 1.80 bits per heavy atom. The highest BCUT2D eigenvalue weighted by Crippen LogP contribution is 2.43. The van der Waals surface area contributed by atoms with Crippen molar-refractivity contribution in [3.8, 4) is 11.5 Å². The number of carbonyl (C=O) groups excluding carboxylic acids is 1. The molecule has 1 fully saturated rings. The highest BCUT2D eigenvalue weighted by molar-refractivity contribution is 5.95. The third-order valence-corrected chi connectivity index (χ3v) is 6.28. The lowest BCUT2D eigenvalue weighted by molar-refractivity contribution is -0.121. The number of H-pyrrole nitrogens is 1. The zero-order chi connectivity index (χ0) is 16.8. The predicted molar refractivity (Wildman–Crippen MR) is 96.3 cm³/mol. The third-order valence-electron chi connectivity index (χ3n) is 6.28. The highest BCUT2D eigenvalue weighted by atomic mass is 16.7. The quantitative estimate of drug-likeness (QED) is 0.813. The zero-order valence-corrected chi connectivity index (χ0v) is 14.6. The van der Waals surface area contributed by atoms with Crippen LogP contribution < -0.4 is 9.47 Å². The first-order chi connectivity index (χ1) is 12.3. The van der Waals surface area contributed by atoms with Gasteiger partial charge in [0.15, 0.2) is 11.5 Å². The Bertz CT molecular complexity index is 816. The Kier molecular flexibility index (Phi) is 3.72. The normalized spacial score (nSPS) is 23.0. The molecule has 0 amide bonds. The molecule has 25 heavy (non-hydrogen) atoms. The second-order valence-corrected chi connectivity index (χ2v) is 7.89. The minimum atomic E-state index is 0.0484. The monoisotopic (exact) mass is 339 g/mol. The molecule has 3 aliphatic rings. The predicted octanol–water partition coefficient (Wildman–Crippen LogP) is 4.86. The minimum absolute atomic E-state index is 0.0484. The Morgan fingerprint density at radius 3 is 2.64 bits per heavy atom. The van der Waals surface area contributed by atoms with Gasteiger partial charge >= 0.3 is 0 Å². The Balaban J connectivity index is 1.55. The van der Waals surface area contributed by atoms with E-state index in [9.17, 15) is 4.79 Å². The van der Waals surface area contributed by atoms with Gasteiger partial charge in [-0.1, -0.05) is 32.1 Å². The fraction of sp³-hybridized carbons (Fsp3) is 0.571. The molecule has 2 heterocycles. The van der Waals surface area contributed by atoms with Gasteiger partial charge < -0.3 is 14.5 Å². The number of ketones is 1. The number of hydrogen-bond donors (Lipinski definition) is 1. The molecule has 2 aliphatic carbocycles. The highest BCUT2D eigenvalue weighted by Gasteiger charge is 2.31. The number of carbonyl (C=O) groups is 1. The summed E-state index contributed by atoms with van der Waals surface area (Å²) in [6.45, 7) is 0.286. The number of rotatable bonds is 3. The van der Waals surface area contributed by atoms with Crippen LogP contribution in [0.5, 0.6) is 11.5 Å². The van der Waals surface area contributed by atoms with E-state index in [1.54, 1.807) is 0 Å². The maximum Gasteiger partial charge on any atom is 0.231 e. The van der Waals surface area contributed by atoms with Gasteiger partial charge in [0.2, 0.25) is 6.79 Å². The number of aryl methyl sites for hydroxylation is 1. The number of benzene rings is 1. The zero-order valence-electron chi connectivity index (χ0n) is 14.6. The molecule has 1 unspecified atom stereocenters. The molecule has 5 rings (SSSR count). The van der Waals surface area contributed by atoms with Crippen LogP contribution in [0, 0.1) is 5.92 Å². The van der Waals surface area contributed by atoms with Crippen molar-refractivity contribution in [3.63, 3.8) is 0 Å². The number of aromatic amines is 1. The van der Waals surface area contributed by atoms with E-state index in [2.05, 4.69) is 11.1 Å². The summed E-state index contributed by atoms with van der Waals surface area (Å²) in [5.74, 6) is 2.73. The minimum Gasteiger partial charge on any atom is -0.454 e. The molecule has 0 radical (unpaired) electrons. The van der Waals surface area contributed by atoms with Crippen molar-refractivity contribution in [2.45, 2.75) is 63.7 Å². The van der Waals surface area contributed by atoms with E-state index in [1.807, 2.05) is 6.07 Å². The molecule has 1 aromatic heterocycles. The number of nitrogens with one attached hydrogen (secondary N) is 1. The standard InChI is InChI=1S/C21H25NO3/c23-18(9-13-5-1-2-6-13)14-7-3-4-8-16-21(14)15-10-19-20(25-12-24-19)11-17(15)22-16/h10-11,13-14,22H,1-9,12H2. The van der Waals surface area contributed by atoms with Gasteiger partial charge in [-0.2, -0.15) is 0 Å². The summed E-state index contributed by atoms with van der Waals surface area (Å²) in [6, 6.07) is 4.11. The van der Waals surface area contributed by atoms with Gasteiger partial charge in [0.1, 0.15) is 5.78 Å². The topological polar surface area (TPSA) is 51.3 Å². The van der Waals surface area contributed by atoms with Crippen LogP contribution in [0.15, 0.2) is 12.1 Å². The van der Waals surface area contributed by atoms with E-state index in [1.165, 1.54) is 36.9 Å². The van der Waals surface area contributed by atoms with E-state index in [0.717, 1.165) is 54.5 Å². The molecule has 1 aromatic carbocycles. The molecule has 1 aliphatic heterocycles. The van der Waals surface area contributed by atoms with E-state index in [4.69, 9.17) is 9.47 Å². The summed E-state index contributed by atoms with van der Waals surface area (Å²) in [5, 5.41) is 1.16. The van der Waals surface area contributed by atoms with Crippen molar-refractivity contribution in [2.24, 2.45) is 5.92 Å². The third kappa shape index (κ3) is 2.62. The maximum atomic E-state index is 13.2. The Labute approximate surface area is 147 Å². The maximum absolute atomic E-state index is 13.2. The van der Waals surface area contributed by atoms with Crippen LogP contribution in [0.2, 0.25) is 0 Å². The van der Waals surface area contributed by atoms with Gasteiger partial charge in [0.05, 0.1) is 0 Å². The first-order valence-corrected chi connectivity index (χ1v) is 9.76. The summed E-state index contributed by atoms with van der Waals surface area (Å²) >= 11 is 0. The number of aromatic nitrogens is 1. The van der Waals surface area contributed by atoms with E-state index in [-0.39, 0.29) is 12.7 Å². The van der Waals surface area contributed by atoms with Gasteiger partial charge in [-0.3, -0.25) is 4.79 Å². The molecule has 0 bridgehead atoms. The Morgan fingerprint density at radius 1 is 1.04 bits per heavy atom. The van der Waals surface area contributed by atoms with Gasteiger partial charge in [0.25, 0.3) is 0 Å². The molecule has 0 saturated heterocycles.